The Kier molecular flexibility index (Phi) is 6.96. The summed E-state index contributed by atoms with van der Waals surface area (Å²) in [6, 6.07) is 11.9. The van der Waals surface area contributed by atoms with Gasteiger partial charge >= 0.3 is 0 Å². The van der Waals surface area contributed by atoms with E-state index in [4.69, 9.17) is 5.41 Å². The summed E-state index contributed by atoms with van der Waals surface area (Å²) < 4.78 is 0. The normalized spacial score (nSPS) is 16.1. The van der Waals surface area contributed by atoms with Gasteiger partial charge in [0.25, 0.3) is 5.91 Å². The van der Waals surface area contributed by atoms with Gasteiger partial charge in [0.2, 0.25) is 0 Å². The molecule has 1 aliphatic carbocycles. The Labute approximate surface area is 222 Å². The van der Waals surface area contributed by atoms with Gasteiger partial charge in [0.1, 0.15) is 5.84 Å². The number of amides is 1. The number of hydrogen-bond acceptors (Lipinski definition) is 5. The zero-order chi connectivity index (χ0) is 26.8. The summed E-state index contributed by atoms with van der Waals surface area (Å²) in [5.74, 6) is 0.890. The molecule has 0 spiro atoms. The van der Waals surface area contributed by atoms with Crippen LogP contribution in [0.3, 0.4) is 0 Å². The summed E-state index contributed by atoms with van der Waals surface area (Å²) in [5.41, 5.74) is 7.70. The number of nitrogens with one attached hydrogen (secondary N) is 4. The average molecular weight is 508 g/mol. The first kappa shape index (κ1) is 25.2. The molecule has 0 bridgehead atoms. The number of nitrogens with zero attached hydrogens (tertiary/aromatic N) is 3. The van der Waals surface area contributed by atoms with E-state index in [0.29, 0.717) is 12.2 Å². The topological polar surface area (TPSA) is 109 Å². The van der Waals surface area contributed by atoms with Crippen LogP contribution in [-0.4, -0.2) is 43.3 Å². The Morgan fingerprint density at radius 3 is 2.76 bits per heavy atom. The lowest BCUT2D eigenvalue weighted by Gasteiger charge is -2.17. The minimum absolute atomic E-state index is 0.00285. The molecular weight excluding hydrogens is 474 g/mol. The number of aromatic nitrogens is 1. The maximum absolute atomic E-state index is 13.5. The maximum Gasteiger partial charge on any atom is 0.259 e. The third kappa shape index (κ3) is 4.89. The minimum atomic E-state index is 0.00285. The second-order valence-corrected chi connectivity index (χ2v) is 9.86. The van der Waals surface area contributed by atoms with Gasteiger partial charge in [0.15, 0.2) is 0 Å². The van der Waals surface area contributed by atoms with Crippen molar-refractivity contribution in [2.75, 3.05) is 23.8 Å². The van der Waals surface area contributed by atoms with Gasteiger partial charge in [-0.2, -0.15) is 0 Å². The van der Waals surface area contributed by atoms with E-state index in [1.807, 2.05) is 55.3 Å². The van der Waals surface area contributed by atoms with Crippen molar-refractivity contribution in [3.05, 3.63) is 76.6 Å². The number of para-hydroxylation sites is 1. The van der Waals surface area contributed by atoms with Gasteiger partial charge in [-0.3, -0.25) is 15.2 Å². The van der Waals surface area contributed by atoms with Crippen LogP contribution in [0.1, 0.15) is 48.2 Å². The van der Waals surface area contributed by atoms with Crippen LogP contribution in [0, 0.1) is 11.3 Å². The highest BCUT2D eigenvalue weighted by Gasteiger charge is 2.32. The molecule has 194 valence electrons. The molecule has 4 N–H and O–H groups in total. The van der Waals surface area contributed by atoms with Gasteiger partial charge in [-0.25, -0.2) is 4.99 Å². The van der Waals surface area contributed by atoms with E-state index in [-0.39, 0.29) is 11.7 Å². The third-order valence-electron chi connectivity index (χ3n) is 7.16. The van der Waals surface area contributed by atoms with Crippen molar-refractivity contribution in [3.8, 4) is 0 Å². The molecule has 2 aromatic carbocycles. The molecule has 3 aromatic rings. The SMILES string of the molecule is C=N/C(=C(/C)C=NC(=N)/C=C(/C)NC)c1c[nH]c2c(N3Cc4c(NCC5CC5)cccc4C3=O)cccc12. The van der Waals surface area contributed by atoms with Crippen LogP contribution in [0.25, 0.3) is 16.6 Å². The van der Waals surface area contributed by atoms with Gasteiger partial charge in [0, 0.05) is 65.5 Å². The molecule has 1 fully saturated rings. The Hall–Kier alpha value is -4.46. The number of fused-ring (bicyclic) bond motifs is 2. The predicted molar refractivity (Wildman–Crippen MR) is 158 cm³/mol. The van der Waals surface area contributed by atoms with Crippen LogP contribution in [-0.2, 0) is 6.54 Å². The largest absolute Gasteiger partial charge is 0.392 e. The zero-order valence-corrected chi connectivity index (χ0v) is 22.1. The molecule has 8 nitrogen and oxygen atoms in total. The molecule has 38 heavy (non-hydrogen) atoms. The van der Waals surface area contributed by atoms with Crippen LogP contribution < -0.4 is 15.5 Å². The molecule has 0 saturated heterocycles. The number of rotatable bonds is 9. The van der Waals surface area contributed by atoms with Crippen molar-refractivity contribution in [1.82, 2.24) is 10.3 Å². The molecule has 1 aromatic heterocycles. The molecule has 2 aliphatic rings. The molecule has 1 saturated carbocycles. The Balaban J connectivity index is 1.46. The van der Waals surface area contributed by atoms with Crippen LogP contribution in [0.2, 0.25) is 0 Å². The molecule has 0 unspecified atom stereocenters. The zero-order valence-electron chi connectivity index (χ0n) is 22.1. The number of aliphatic imine (C=N–C) groups is 2. The standard InChI is InChI=1S/C30H33N7O/c1-18(14-35-27(31)13-19(2)32-3)28(33-4)23-16-36-29-21(23)7-6-10-26(29)37-17-24-22(30(37)38)8-5-9-25(24)34-15-20-11-12-20/h5-10,13-14,16,20,31-32,34,36H,4,11-12,15,17H2,1-3H3/b19-13-,28-18-,31-27?,35-14?. The van der Waals surface area contributed by atoms with E-state index < -0.39 is 0 Å². The van der Waals surface area contributed by atoms with Crippen LogP contribution in [0.4, 0.5) is 11.4 Å². The highest BCUT2D eigenvalue weighted by atomic mass is 16.2. The lowest BCUT2D eigenvalue weighted by molar-refractivity contribution is 0.0997. The number of carbonyl (C=O) groups excluding carboxylic acids is 1. The quantitative estimate of drug-likeness (QED) is 0.219. The fourth-order valence-electron chi connectivity index (χ4n) is 4.79. The number of aromatic amines is 1. The van der Waals surface area contributed by atoms with E-state index in [2.05, 4.69) is 38.4 Å². The van der Waals surface area contributed by atoms with Crippen molar-refractivity contribution < 1.29 is 4.79 Å². The maximum atomic E-state index is 13.5. The lowest BCUT2D eigenvalue weighted by Crippen LogP contribution is -2.23. The van der Waals surface area contributed by atoms with Crippen LogP contribution >= 0.6 is 0 Å². The summed E-state index contributed by atoms with van der Waals surface area (Å²) >= 11 is 0. The number of allylic oxidation sites excluding steroid dienone is 2. The number of hydrogen-bond donors (Lipinski definition) is 4. The number of amidine groups is 1. The summed E-state index contributed by atoms with van der Waals surface area (Å²) in [5, 5.41) is 15.5. The first-order chi connectivity index (χ1) is 18.4. The van der Waals surface area contributed by atoms with Gasteiger partial charge in [-0.15, -0.1) is 0 Å². The summed E-state index contributed by atoms with van der Waals surface area (Å²) in [7, 11) is 1.80. The lowest BCUT2D eigenvalue weighted by atomic mass is 10.1. The van der Waals surface area contributed by atoms with Gasteiger partial charge < -0.3 is 20.5 Å². The summed E-state index contributed by atoms with van der Waals surface area (Å²) in [4.78, 5) is 27.3. The fourth-order valence-corrected chi connectivity index (χ4v) is 4.79. The molecule has 0 radical (unpaired) electrons. The molecule has 2 heterocycles. The molecule has 0 atom stereocenters. The number of benzene rings is 2. The first-order valence-corrected chi connectivity index (χ1v) is 12.9. The van der Waals surface area contributed by atoms with Crippen molar-refractivity contribution in [1.29, 1.82) is 5.41 Å². The predicted octanol–water partition coefficient (Wildman–Crippen LogP) is 5.75. The number of anilines is 2. The Bertz CT molecular complexity index is 1520. The van der Waals surface area contributed by atoms with E-state index in [9.17, 15) is 4.79 Å². The summed E-state index contributed by atoms with van der Waals surface area (Å²) in [6.07, 6.45) is 7.73. The highest BCUT2D eigenvalue weighted by molar-refractivity contribution is 6.15. The molecular formula is C30H33N7O. The number of H-pyrrole nitrogens is 1. The average Bonchev–Trinajstić information content (AvgIpc) is 3.57. The minimum Gasteiger partial charge on any atom is -0.392 e. The number of carbonyl (C=O) groups is 1. The van der Waals surface area contributed by atoms with Gasteiger partial charge in [-0.1, -0.05) is 18.2 Å². The summed E-state index contributed by atoms with van der Waals surface area (Å²) in [6.45, 7) is 9.04. The molecule has 8 heteroatoms. The van der Waals surface area contributed by atoms with Crippen molar-refractivity contribution >= 4 is 52.6 Å². The van der Waals surface area contributed by atoms with E-state index in [1.54, 1.807) is 19.3 Å². The third-order valence-corrected chi connectivity index (χ3v) is 7.16. The van der Waals surface area contributed by atoms with Crippen LogP contribution in [0.15, 0.2) is 69.9 Å². The monoisotopic (exact) mass is 507 g/mol. The highest BCUT2D eigenvalue weighted by Crippen LogP contribution is 2.38. The van der Waals surface area contributed by atoms with E-state index >= 15 is 0 Å². The van der Waals surface area contributed by atoms with E-state index in [0.717, 1.165) is 62.7 Å². The van der Waals surface area contributed by atoms with Crippen molar-refractivity contribution in [2.24, 2.45) is 15.9 Å². The van der Waals surface area contributed by atoms with Crippen molar-refractivity contribution in [2.45, 2.75) is 33.2 Å². The molecule has 5 rings (SSSR count). The van der Waals surface area contributed by atoms with Crippen molar-refractivity contribution in [3.63, 3.8) is 0 Å². The van der Waals surface area contributed by atoms with Gasteiger partial charge in [-0.05, 0) is 63.1 Å². The first-order valence-electron chi connectivity index (χ1n) is 12.9. The van der Waals surface area contributed by atoms with E-state index in [1.165, 1.54) is 12.8 Å². The van der Waals surface area contributed by atoms with Gasteiger partial charge in [0.05, 0.1) is 23.4 Å². The second-order valence-electron chi connectivity index (χ2n) is 9.86. The fraction of sp³-hybridized carbons (Fsp3) is 0.267. The van der Waals surface area contributed by atoms with Crippen LogP contribution in [0.5, 0.6) is 0 Å². The Morgan fingerprint density at radius 2 is 2.03 bits per heavy atom. The molecule has 1 aliphatic heterocycles. The smallest absolute Gasteiger partial charge is 0.259 e. The Morgan fingerprint density at radius 1 is 1.24 bits per heavy atom. The second kappa shape index (κ2) is 10.5. The molecule has 1 amide bonds.